The van der Waals surface area contributed by atoms with E-state index >= 15 is 0 Å². The van der Waals surface area contributed by atoms with Crippen LogP contribution in [-0.2, 0) is 24.3 Å². The van der Waals surface area contributed by atoms with Gasteiger partial charge in [0.15, 0.2) is 5.65 Å². The van der Waals surface area contributed by atoms with Crippen molar-refractivity contribution in [3.8, 4) is 0 Å². The maximum Gasteiger partial charge on any atom is 0.220 e. The molecule has 0 fully saturated rings. The van der Waals surface area contributed by atoms with Crippen molar-refractivity contribution in [3.63, 3.8) is 0 Å². The lowest BCUT2D eigenvalue weighted by molar-refractivity contribution is -0.121. The first-order chi connectivity index (χ1) is 14.3. The smallest absolute Gasteiger partial charge is 0.220 e. The summed E-state index contributed by atoms with van der Waals surface area (Å²) in [6.07, 6.45) is 7.20. The maximum absolute atomic E-state index is 12.2. The van der Waals surface area contributed by atoms with Crippen molar-refractivity contribution in [2.75, 3.05) is 0 Å². The maximum atomic E-state index is 12.2. The highest BCUT2D eigenvalue weighted by Crippen LogP contribution is 2.17. The Kier molecular flexibility index (Phi) is 5.90. The summed E-state index contributed by atoms with van der Waals surface area (Å²) in [6.45, 7) is 1.22. The summed E-state index contributed by atoms with van der Waals surface area (Å²) in [6, 6.07) is 18.0. The van der Waals surface area contributed by atoms with Gasteiger partial charge in [0.05, 0.1) is 6.54 Å². The lowest BCUT2D eigenvalue weighted by atomic mass is 10.2. The van der Waals surface area contributed by atoms with Crippen LogP contribution in [0.25, 0.3) is 11.2 Å². The number of aromatic nitrogens is 4. The van der Waals surface area contributed by atoms with Gasteiger partial charge in [-0.2, -0.15) is 0 Å². The third-order valence-electron chi connectivity index (χ3n) is 4.78. The quantitative estimate of drug-likeness (QED) is 0.504. The van der Waals surface area contributed by atoms with Crippen molar-refractivity contribution in [2.45, 2.75) is 32.4 Å². The molecule has 29 heavy (non-hydrogen) atoms. The van der Waals surface area contributed by atoms with E-state index in [-0.39, 0.29) is 5.91 Å². The Bertz CT molecular complexity index is 1080. The molecule has 0 bridgehead atoms. The Morgan fingerprint density at radius 3 is 2.62 bits per heavy atom. The van der Waals surface area contributed by atoms with Gasteiger partial charge in [0.2, 0.25) is 5.91 Å². The number of nitrogens with zero attached hydrogens (tertiary/aromatic N) is 4. The molecule has 0 atom stereocenters. The molecule has 1 N–H and O–H groups in total. The van der Waals surface area contributed by atoms with Gasteiger partial charge in [-0.15, -0.1) is 0 Å². The van der Waals surface area contributed by atoms with Crippen LogP contribution in [0.2, 0.25) is 0 Å². The van der Waals surface area contributed by atoms with E-state index < -0.39 is 0 Å². The van der Waals surface area contributed by atoms with Crippen LogP contribution in [0.5, 0.6) is 0 Å². The van der Waals surface area contributed by atoms with Gasteiger partial charge in [0.1, 0.15) is 11.3 Å². The van der Waals surface area contributed by atoms with Crippen molar-refractivity contribution in [3.05, 3.63) is 90.1 Å². The highest BCUT2D eigenvalue weighted by Gasteiger charge is 2.12. The van der Waals surface area contributed by atoms with Gasteiger partial charge in [-0.05, 0) is 35.7 Å². The Morgan fingerprint density at radius 2 is 1.79 bits per heavy atom. The normalized spacial score (nSPS) is 10.9. The Morgan fingerprint density at radius 1 is 0.966 bits per heavy atom. The van der Waals surface area contributed by atoms with Gasteiger partial charge >= 0.3 is 0 Å². The van der Waals surface area contributed by atoms with Gasteiger partial charge in [-0.3, -0.25) is 9.78 Å². The van der Waals surface area contributed by atoms with E-state index in [9.17, 15) is 4.79 Å². The number of benzene rings is 1. The fourth-order valence-electron chi connectivity index (χ4n) is 3.33. The van der Waals surface area contributed by atoms with Crippen LogP contribution in [0.4, 0.5) is 0 Å². The molecule has 0 aliphatic rings. The van der Waals surface area contributed by atoms with Crippen molar-refractivity contribution in [1.82, 2.24) is 24.8 Å². The number of hydrogen-bond donors (Lipinski definition) is 1. The van der Waals surface area contributed by atoms with Crippen molar-refractivity contribution >= 4 is 17.1 Å². The summed E-state index contributed by atoms with van der Waals surface area (Å²) in [4.78, 5) is 25.5. The summed E-state index contributed by atoms with van der Waals surface area (Å²) in [5, 5.41) is 2.95. The Labute approximate surface area is 169 Å². The predicted octanol–water partition coefficient (Wildman–Crippen LogP) is 3.51. The van der Waals surface area contributed by atoms with E-state index in [4.69, 9.17) is 4.98 Å². The molecule has 0 saturated carbocycles. The second-order valence-corrected chi connectivity index (χ2v) is 6.94. The van der Waals surface area contributed by atoms with Crippen LogP contribution in [0.15, 0.2) is 73.2 Å². The molecule has 6 nitrogen and oxygen atoms in total. The Balaban J connectivity index is 1.39. The summed E-state index contributed by atoms with van der Waals surface area (Å²) in [7, 11) is 0. The number of fused-ring (bicyclic) bond motifs is 1. The van der Waals surface area contributed by atoms with Gasteiger partial charge in [0, 0.05) is 38.0 Å². The number of aryl methyl sites for hydroxylation is 1. The molecule has 4 rings (SSSR count). The number of nitrogens with one attached hydrogen (secondary N) is 1. The Hall–Kier alpha value is -3.54. The first-order valence-corrected chi connectivity index (χ1v) is 9.79. The molecule has 0 radical (unpaired) electrons. The second-order valence-electron chi connectivity index (χ2n) is 6.94. The molecule has 4 aromatic rings. The lowest BCUT2D eigenvalue weighted by Crippen LogP contribution is -2.22. The van der Waals surface area contributed by atoms with E-state index in [1.54, 1.807) is 18.6 Å². The van der Waals surface area contributed by atoms with Crippen LogP contribution in [0.1, 0.15) is 29.8 Å². The number of rotatable bonds is 8. The van der Waals surface area contributed by atoms with Gasteiger partial charge in [-0.25, -0.2) is 9.97 Å². The largest absolute Gasteiger partial charge is 0.352 e. The number of carbonyl (C=O) groups is 1. The van der Waals surface area contributed by atoms with Crippen LogP contribution < -0.4 is 5.32 Å². The highest BCUT2D eigenvalue weighted by atomic mass is 16.1. The van der Waals surface area contributed by atoms with Gasteiger partial charge in [0.25, 0.3) is 0 Å². The molecule has 0 spiro atoms. The molecule has 0 aliphatic carbocycles. The van der Waals surface area contributed by atoms with Crippen molar-refractivity contribution < 1.29 is 4.79 Å². The van der Waals surface area contributed by atoms with Crippen LogP contribution in [-0.4, -0.2) is 25.4 Å². The molecular formula is C23H23N5O. The zero-order valence-electron chi connectivity index (χ0n) is 16.2. The minimum absolute atomic E-state index is 0.0395. The number of amides is 1. The van der Waals surface area contributed by atoms with Gasteiger partial charge in [-0.1, -0.05) is 36.4 Å². The number of carbonyl (C=O) groups excluding carboxylic acids is 1. The first kappa shape index (κ1) is 18.8. The standard InChI is InChI=1S/C23H23N5O/c29-22(26-16-19-9-5-13-24-15-19)12-4-11-21-27-20-10-6-14-25-23(20)28(21)17-18-7-2-1-3-8-18/h1-3,5-10,13-15H,4,11-12,16-17H2,(H,26,29). The van der Waals surface area contributed by atoms with E-state index in [0.29, 0.717) is 13.0 Å². The molecule has 1 amide bonds. The number of pyridine rings is 2. The molecule has 0 saturated heterocycles. The zero-order chi connectivity index (χ0) is 19.9. The molecular weight excluding hydrogens is 362 g/mol. The number of hydrogen-bond acceptors (Lipinski definition) is 4. The van der Waals surface area contributed by atoms with E-state index in [0.717, 1.165) is 41.9 Å². The third-order valence-corrected chi connectivity index (χ3v) is 4.78. The molecule has 1 aromatic carbocycles. The molecule has 146 valence electrons. The SMILES string of the molecule is O=C(CCCc1nc2cccnc2n1Cc1ccccc1)NCc1cccnc1. The van der Waals surface area contributed by atoms with Gasteiger partial charge < -0.3 is 9.88 Å². The van der Waals surface area contributed by atoms with E-state index in [1.807, 2.05) is 42.5 Å². The van der Waals surface area contributed by atoms with Crippen LogP contribution in [0, 0.1) is 0 Å². The van der Waals surface area contributed by atoms with Crippen LogP contribution in [0.3, 0.4) is 0 Å². The predicted molar refractivity (Wildman–Crippen MR) is 112 cm³/mol. The molecule has 3 aromatic heterocycles. The summed E-state index contributed by atoms with van der Waals surface area (Å²) in [5.74, 6) is 1.00. The number of imidazole rings is 1. The summed E-state index contributed by atoms with van der Waals surface area (Å²) < 4.78 is 2.15. The molecule has 0 aliphatic heterocycles. The third kappa shape index (κ3) is 4.85. The fourth-order valence-corrected chi connectivity index (χ4v) is 3.33. The first-order valence-electron chi connectivity index (χ1n) is 9.79. The minimum Gasteiger partial charge on any atom is -0.352 e. The lowest BCUT2D eigenvalue weighted by Gasteiger charge is -2.09. The zero-order valence-corrected chi connectivity index (χ0v) is 16.2. The fraction of sp³-hybridized carbons (Fsp3) is 0.217. The summed E-state index contributed by atoms with van der Waals surface area (Å²) >= 11 is 0. The average Bonchev–Trinajstić information content (AvgIpc) is 3.11. The topological polar surface area (TPSA) is 72.7 Å². The van der Waals surface area contributed by atoms with Crippen LogP contribution >= 0.6 is 0 Å². The van der Waals surface area contributed by atoms with Crippen molar-refractivity contribution in [1.29, 1.82) is 0 Å². The molecule has 6 heteroatoms. The summed E-state index contributed by atoms with van der Waals surface area (Å²) in [5.41, 5.74) is 3.97. The minimum atomic E-state index is 0.0395. The molecule has 3 heterocycles. The monoisotopic (exact) mass is 385 g/mol. The molecule has 0 unspecified atom stereocenters. The average molecular weight is 385 g/mol. The van der Waals surface area contributed by atoms with Crippen molar-refractivity contribution in [2.24, 2.45) is 0 Å². The highest BCUT2D eigenvalue weighted by molar-refractivity contribution is 5.76. The second kappa shape index (κ2) is 9.10. The van der Waals surface area contributed by atoms with E-state index in [1.165, 1.54) is 5.56 Å². The van der Waals surface area contributed by atoms with E-state index in [2.05, 4.69) is 32.0 Å².